The minimum atomic E-state index is -0.0136. The maximum absolute atomic E-state index is 12.7. The van der Waals surface area contributed by atoms with Gasteiger partial charge in [-0.05, 0) is 29.5 Å². The first-order valence-corrected chi connectivity index (χ1v) is 10.9. The number of nitrogens with one attached hydrogen (secondary N) is 1. The molecule has 1 N–H and O–H groups in total. The zero-order valence-electron chi connectivity index (χ0n) is 17.0. The number of para-hydroxylation sites is 1. The average molecular weight is 404 g/mol. The third kappa shape index (κ3) is 4.10. The molecule has 148 valence electrons. The number of aryl methyl sites for hydroxylation is 1. The Hall–Kier alpha value is -2.92. The van der Waals surface area contributed by atoms with E-state index in [1.165, 1.54) is 5.56 Å². The van der Waals surface area contributed by atoms with Gasteiger partial charge in [0.25, 0.3) is 0 Å². The molecule has 2 heterocycles. The molecule has 1 amide bonds. The van der Waals surface area contributed by atoms with Crippen LogP contribution in [0.5, 0.6) is 0 Å². The fraction of sp³-hybridized carbons (Fsp3) is 0.250. The van der Waals surface area contributed by atoms with Crippen LogP contribution in [-0.4, -0.2) is 15.3 Å². The van der Waals surface area contributed by atoms with Crippen molar-refractivity contribution in [3.8, 4) is 11.3 Å². The number of hydrogen-bond acceptors (Lipinski definition) is 3. The Labute approximate surface area is 175 Å². The maximum Gasteiger partial charge on any atom is 0.230 e. The smallest absolute Gasteiger partial charge is 0.230 e. The Morgan fingerprint density at radius 3 is 2.62 bits per heavy atom. The van der Waals surface area contributed by atoms with Crippen LogP contribution in [0.1, 0.15) is 43.5 Å². The van der Waals surface area contributed by atoms with Crippen molar-refractivity contribution in [3.05, 3.63) is 76.9 Å². The molecular weight excluding hydrogens is 378 g/mol. The molecule has 5 heteroatoms. The Morgan fingerprint density at radius 1 is 1.14 bits per heavy atom. The number of fused-ring (bicyclic) bond motifs is 1. The molecule has 0 aliphatic rings. The number of anilines is 1. The summed E-state index contributed by atoms with van der Waals surface area (Å²) in [5.74, 6) is 0.343. The summed E-state index contributed by atoms with van der Waals surface area (Å²) < 4.78 is 2.03. The predicted molar refractivity (Wildman–Crippen MR) is 121 cm³/mol. The summed E-state index contributed by atoms with van der Waals surface area (Å²) in [6.45, 7) is 6.42. The van der Waals surface area contributed by atoms with Crippen molar-refractivity contribution in [1.82, 2.24) is 9.38 Å². The first kappa shape index (κ1) is 19.4. The minimum Gasteiger partial charge on any atom is -0.325 e. The van der Waals surface area contributed by atoms with Crippen LogP contribution in [0.25, 0.3) is 16.2 Å². The summed E-state index contributed by atoms with van der Waals surface area (Å²) in [4.78, 5) is 18.4. The molecule has 2 aromatic carbocycles. The van der Waals surface area contributed by atoms with Crippen LogP contribution >= 0.6 is 11.3 Å². The standard InChI is InChI=1S/C24H25N3OS/c1-4-17-9-11-18(12-10-17)22-14-27-19(15-29-24(27)26-22)13-23(28)25-21-8-6-5-7-20(21)16(2)3/h5-12,14-16H,4,13H2,1-3H3,(H,25,28). The number of hydrogen-bond donors (Lipinski definition) is 1. The van der Waals surface area contributed by atoms with E-state index in [0.29, 0.717) is 12.3 Å². The van der Waals surface area contributed by atoms with Crippen molar-refractivity contribution in [1.29, 1.82) is 0 Å². The highest BCUT2D eigenvalue weighted by atomic mass is 32.1. The zero-order valence-corrected chi connectivity index (χ0v) is 17.8. The van der Waals surface area contributed by atoms with E-state index < -0.39 is 0 Å². The van der Waals surface area contributed by atoms with Gasteiger partial charge in [-0.25, -0.2) is 4.98 Å². The van der Waals surface area contributed by atoms with E-state index >= 15 is 0 Å². The molecule has 0 atom stereocenters. The van der Waals surface area contributed by atoms with Crippen LogP contribution in [0.15, 0.2) is 60.1 Å². The number of nitrogens with zero attached hydrogens (tertiary/aromatic N) is 2. The van der Waals surface area contributed by atoms with Crippen LogP contribution in [0.3, 0.4) is 0 Å². The van der Waals surface area contributed by atoms with E-state index in [1.807, 2.05) is 34.2 Å². The summed E-state index contributed by atoms with van der Waals surface area (Å²) in [7, 11) is 0. The second-order valence-electron chi connectivity index (χ2n) is 7.52. The van der Waals surface area contributed by atoms with Gasteiger partial charge < -0.3 is 5.32 Å². The van der Waals surface area contributed by atoms with E-state index in [-0.39, 0.29) is 5.91 Å². The van der Waals surface area contributed by atoms with Gasteiger partial charge in [0.2, 0.25) is 5.91 Å². The number of imidazole rings is 1. The maximum atomic E-state index is 12.7. The van der Waals surface area contributed by atoms with Crippen molar-refractivity contribution < 1.29 is 4.79 Å². The number of thiazole rings is 1. The van der Waals surface area contributed by atoms with E-state index in [9.17, 15) is 4.79 Å². The quantitative estimate of drug-likeness (QED) is 0.434. The Morgan fingerprint density at radius 2 is 1.90 bits per heavy atom. The van der Waals surface area contributed by atoms with Crippen molar-refractivity contribution >= 4 is 27.9 Å². The Kier molecular flexibility index (Phi) is 5.49. The van der Waals surface area contributed by atoms with Gasteiger partial charge >= 0.3 is 0 Å². The topological polar surface area (TPSA) is 46.4 Å². The summed E-state index contributed by atoms with van der Waals surface area (Å²) in [5, 5.41) is 5.09. The van der Waals surface area contributed by atoms with Gasteiger partial charge in [-0.2, -0.15) is 0 Å². The second kappa shape index (κ2) is 8.21. The lowest BCUT2D eigenvalue weighted by Crippen LogP contribution is -2.16. The van der Waals surface area contributed by atoms with Crippen LogP contribution in [0.2, 0.25) is 0 Å². The van der Waals surface area contributed by atoms with E-state index in [1.54, 1.807) is 11.3 Å². The third-order valence-electron chi connectivity index (χ3n) is 5.14. The molecule has 4 rings (SSSR count). The van der Waals surface area contributed by atoms with E-state index in [4.69, 9.17) is 4.98 Å². The number of amides is 1. The molecule has 29 heavy (non-hydrogen) atoms. The third-order valence-corrected chi connectivity index (χ3v) is 6.03. The number of rotatable bonds is 6. The molecule has 0 saturated heterocycles. The van der Waals surface area contributed by atoms with Crippen molar-refractivity contribution in [3.63, 3.8) is 0 Å². The average Bonchev–Trinajstić information content (AvgIpc) is 3.30. The summed E-state index contributed by atoms with van der Waals surface area (Å²) in [6, 6.07) is 16.5. The van der Waals surface area contributed by atoms with Gasteiger partial charge in [0, 0.05) is 28.5 Å². The van der Waals surface area contributed by atoms with Gasteiger partial charge in [0.15, 0.2) is 4.96 Å². The lowest BCUT2D eigenvalue weighted by atomic mass is 10.0. The second-order valence-corrected chi connectivity index (χ2v) is 8.36. The SMILES string of the molecule is CCc1ccc(-c2cn3c(CC(=O)Nc4ccccc4C(C)C)csc3n2)cc1. The fourth-order valence-corrected chi connectivity index (χ4v) is 4.35. The van der Waals surface area contributed by atoms with Crippen molar-refractivity contribution in [2.75, 3.05) is 5.32 Å². The number of carbonyl (C=O) groups excluding carboxylic acids is 1. The minimum absolute atomic E-state index is 0.0136. The monoisotopic (exact) mass is 403 g/mol. The molecule has 0 bridgehead atoms. The fourth-order valence-electron chi connectivity index (χ4n) is 3.48. The highest BCUT2D eigenvalue weighted by Gasteiger charge is 2.14. The summed E-state index contributed by atoms with van der Waals surface area (Å²) in [5.41, 5.74) is 6.34. The molecule has 0 aliphatic carbocycles. The highest BCUT2D eigenvalue weighted by molar-refractivity contribution is 7.15. The molecule has 4 aromatic rings. The first-order valence-electron chi connectivity index (χ1n) is 9.98. The number of carbonyl (C=O) groups is 1. The van der Waals surface area contributed by atoms with Gasteiger partial charge in [0.05, 0.1) is 12.1 Å². The largest absolute Gasteiger partial charge is 0.325 e. The molecular formula is C24H25N3OS. The van der Waals surface area contributed by atoms with E-state index in [2.05, 4.69) is 56.4 Å². The molecule has 0 saturated carbocycles. The van der Waals surface area contributed by atoms with Gasteiger partial charge in [-0.3, -0.25) is 9.20 Å². The normalized spacial score (nSPS) is 11.3. The molecule has 0 spiro atoms. The zero-order chi connectivity index (χ0) is 20.4. The van der Waals surface area contributed by atoms with E-state index in [0.717, 1.165) is 39.6 Å². The first-order chi connectivity index (χ1) is 14.0. The molecule has 2 aromatic heterocycles. The highest BCUT2D eigenvalue weighted by Crippen LogP contribution is 2.26. The van der Waals surface area contributed by atoms with Gasteiger partial charge in [-0.1, -0.05) is 63.2 Å². The van der Waals surface area contributed by atoms with Crippen LogP contribution in [0.4, 0.5) is 5.69 Å². The number of benzene rings is 2. The van der Waals surface area contributed by atoms with Crippen molar-refractivity contribution in [2.45, 2.75) is 39.5 Å². The van der Waals surface area contributed by atoms with Crippen LogP contribution in [0, 0.1) is 0 Å². The molecule has 0 radical (unpaired) electrons. The predicted octanol–water partition coefficient (Wildman–Crippen LogP) is 5.93. The molecule has 0 unspecified atom stereocenters. The Bertz CT molecular complexity index is 1140. The van der Waals surface area contributed by atoms with Crippen LogP contribution in [-0.2, 0) is 17.6 Å². The van der Waals surface area contributed by atoms with Crippen molar-refractivity contribution in [2.24, 2.45) is 0 Å². The molecule has 0 fully saturated rings. The number of aromatic nitrogens is 2. The summed E-state index contributed by atoms with van der Waals surface area (Å²) in [6.07, 6.45) is 3.37. The Balaban J connectivity index is 1.54. The van der Waals surface area contributed by atoms with Gasteiger partial charge in [-0.15, -0.1) is 11.3 Å². The molecule has 4 nitrogen and oxygen atoms in total. The lowest BCUT2D eigenvalue weighted by Gasteiger charge is -2.13. The van der Waals surface area contributed by atoms with Gasteiger partial charge in [0.1, 0.15) is 0 Å². The summed E-state index contributed by atoms with van der Waals surface area (Å²) >= 11 is 1.57. The molecule has 0 aliphatic heterocycles. The lowest BCUT2D eigenvalue weighted by molar-refractivity contribution is -0.115. The van der Waals surface area contributed by atoms with Crippen LogP contribution < -0.4 is 5.32 Å².